The van der Waals surface area contributed by atoms with Gasteiger partial charge in [0.1, 0.15) is 11.6 Å². The van der Waals surface area contributed by atoms with Gasteiger partial charge in [0.25, 0.3) is 5.91 Å². The van der Waals surface area contributed by atoms with E-state index in [1.165, 1.54) is 4.90 Å². The number of fused-ring (bicyclic) bond motifs is 1. The summed E-state index contributed by atoms with van der Waals surface area (Å²) in [4.78, 5) is 44.2. The number of aryl methyl sites for hydroxylation is 2. The Kier molecular flexibility index (Phi) is 6.88. The van der Waals surface area contributed by atoms with Gasteiger partial charge >= 0.3 is 5.97 Å². The number of ether oxygens (including phenoxy) is 1. The molecular weight excluding hydrogens is 484 g/mol. The van der Waals surface area contributed by atoms with E-state index in [-0.39, 0.29) is 19.1 Å². The van der Waals surface area contributed by atoms with Crippen LogP contribution >= 0.6 is 0 Å². The lowest BCUT2D eigenvalue weighted by molar-refractivity contribution is -0.151. The molecule has 2 amide bonds. The number of hydrogen-bond donors (Lipinski definition) is 2. The Morgan fingerprint density at radius 3 is 2.47 bits per heavy atom. The van der Waals surface area contributed by atoms with Crippen LogP contribution in [-0.4, -0.2) is 69.8 Å². The van der Waals surface area contributed by atoms with Crippen LogP contribution in [0.15, 0.2) is 61.2 Å². The molecule has 3 heterocycles. The number of carboxylic acid groups (broad SMARTS) is 1. The number of rotatable bonds is 9. The number of aliphatic carboxylic acids is 1. The van der Waals surface area contributed by atoms with Gasteiger partial charge in [0.05, 0.1) is 30.6 Å². The number of benzene rings is 2. The summed E-state index contributed by atoms with van der Waals surface area (Å²) in [5.74, 6) is -3.89. The highest BCUT2D eigenvalue weighted by atomic mass is 16.5. The highest BCUT2D eigenvalue weighted by molar-refractivity contribution is 6.05. The highest BCUT2D eigenvalue weighted by Crippen LogP contribution is 2.59. The zero-order valence-electron chi connectivity index (χ0n) is 21.7. The SMILES string of the molecule is C=CCN(C(=O)[C@@H]1N([C@@H](CO)Cc2ccccc2)C(=O)[C@H]2[C@H](C(=O)O)[C@@H]3CC[C@]12O3)c1c(C)cccc1C. The van der Waals surface area contributed by atoms with Crippen LogP contribution in [0, 0.1) is 25.7 Å². The topological polar surface area (TPSA) is 107 Å². The number of carbonyl (C=O) groups excluding carboxylic acids is 2. The second kappa shape index (κ2) is 10.0. The van der Waals surface area contributed by atoms with Gasteiger partial charge in [-0.15, -0.1) is 6.58 Å². The van der Waals surface area contributed by atoms with Crippen molar-refractivity contribution < 1.29 is 29.3 Å². The normalized spacial score (nSPS) is 28.3. The van der Waals surface area contributed by atoms with Crippen molar-refractivity contribution in [2.45, 2.75) is 56.9 Å². The summed E-state index contributed by atoms with van der Waals surface area (Å²) in [5.41, 5.74) is 2.16. The Hall–Kier alpha value is -3.49. The van der Waals surface area contributed by atoms with Crippen molar-refractivity contribution in [3.05, 3.63) is 77.9 Å². The van der Waals surface area contributed by atoms with E-state index in [2.05, 4.69) is 6.58 Å². The zero-order valence-corrected chi connectivity index (χ0v) is 21.7. The van der Waals surface area contributed by atoms with Gasteiger partial charge in [-0.05, 0) is 49.8 Å². The first kappa shape index (κ1) is 26.1. The van der Waals surface area contributed by atoms with Crippen LogP contribution in [0.3, 0.4) is 0 Å². The minimum atomic E-state index is -1.26. The smallest absolute Gasteiger partial charge is 0.310 e. The third-order valence-corrected chi connectivity index (χ3v) is 8.46. The molecule has 3 aliphatic heterocycles. The van der Waals surface area contributed by atoms with Crippen molar-refractivity contribution in [2.24, 2.45) is 11.8 Å². The molecule has 200 valence electrons. The van der Waals surface area contributed by atoms with Crippen molar-refractivity contribution >= 4 is 23.5 Å². The lowest BCUT2D eigenvalue weighted by atomic mass is 9.70. The van der Waals surface area contributed by atoms with Crippen molar-refractivity contribution in [2.75, 3.05) is 18.1 Å². The van der Waals surface area contributed by atoms with Gasteiger partial charge < -0.3 is 24.7 Å². The minimum Gasteiger partial charge on any atom is -0.481 e. The average Bonchev–Trinajstić information content (AvgIpc) is 3.54. The maximum atomic E-state index is 14.6. The molecule has 8 heteroatoms. The van der Waals surface area contributed by atoms with Gasteiger partial charge in [0.15, 0.2) is 0 Å². The van der Waals surface area contributed by atoms with Gasteiger partial charge in [0.2, 0.25) is 5.91 Å². The third-order valence-electron chi connectivity index (χ3n) is 8.46. The minimum absolute atomic E-state index is 0.206. The van der Waals surface area contributed by atoms with Crippen LogP contribution in [0.2, 0.25) is 0 Å². The molecule has 3 saturated heterocycles. The van der Waals surface area contributed by atoms with Gasteiger partial charge in [-0.1, -0.05) is 54.6 Å². The molecule has 2 bridgehead atoms. The van der Waals surface area contributed by atoms with E-state index >= 15 is 0 Å². The van der Waals surface area contributed by atoms with Crippen LogP contribution in [0.25, 0.3) is 0 Å². The number of aliphatic hydroxyl groups excluding tert-OH is 1. The fraction of sp³-hybridized carbons (Fsp3) is 0.433. The quantitative estimate of drug-likeness (QED) is 0.495. The number of hydrogen-bond acceptors (Lipinski definition) is 5. The van der Waals surface area contributed by atoms with Crippen LogP contribution in [0.4, 0.5) is 5.69 Å². The van der Waals surface area contributed by atoms with Crippen LogP contribution in [0.1, 0.15) is 29.5 Å². The molecule has 8 nitrogen and oxygen atoms in total. The van der Waals surface area contributed by atoms with Gasteiger partial charge in [-0.3, -0.25) is 14.4 Å². The van der Waals surface area contributed by atoms with E-state index in [0.717, 1.165) is 22.4 Å². The lowest BCUT2D eigenvalue weighted by Gasteiger charge is -2.40. The Balaban J connectivity index is 1.64. The number of carbonyl (C=O) groups is 3. The Bertz CT molecular complexity index is 1240. The molecule has 5 rings (SSSR count). The summed E-state index contributed by atoms with van der Waals surface area (Å²) in [6.45, 7) is 7.54. The van der Waals surface area contributed by atoms with Crippen LogP contribution < -0.4 is 4.90 Å². The zero-order chi connectivity index (χ0) is 27.2. The molecule has 0 saturated carbocycles. The van der Waals surface area contributed by atoms with Crippen LogP contribution in [0.5, 0.6) is 0 Å². The third kappa shape index (κ3) is 3.94. The van der Waals surface area contributed by atoms with E-state index in [0.29, 0.717) is 19.3 Å². The van der Waals surface area contributed by atoms with Crippen molar-refractivity contribution in [1.82, 2.24) is 4.90 Å². The van der Waals surface area contributed by atoms with Crippen LogP contribution in [-0.2, 0) is 25.5 Å². The largest absolute Gasteiger partial charge is 0.481 e. The monoisotopic (exact) mass is 518 g/mol. The summed E-state index contributed by atoms with van der Waals surface area (Å²) in [5, 5.41) is 20.6. The summed E-state index contributed by atoms with van der Waals surface area (Å²) in [6.07, 6.45) is 2.21. The predicted molar refractivity (Wildman–Crippen MR) is 142 cm³/mol. The fourth-order valence-corrected chi connectivity index (χ4v) is 6.98. The summed E-state index contributed by atoms with van der Waals surface area (Å²) < 4.78 is 6.36. The molecule has 0 aromatic heterocycles. The molecule has 38 heavy (non-hydrogen) atoms. The second-order valence-corrected chi connectivity index (χ2v) is 10.6. The maximum absolute atomic E-state index is 14.6. The fourth-order valence-electron chi connectivity index (χ4n) is 6.98. The lowest BCUT2D eigenvalue weighted by Crippen LogP contribution is -2.59. The number of nitrogens with zero attached hydrogens (tertiary/aromatic N) is 2. The van der Waals surface area contributed by atoms with E-state index in [4.69, 9.17) is 4.74 Å². The van der Waals surface area contributed by atoms with Gasteiger partial charge in [0, 0.05) is 12.2 Å². The number of para-hydroxylation sites is 1. The molecule has 6 atom stereocenters. The van der Waals surface area contributed by atoms with E-state index in [1.807, 2.05) is 62.4 Å². The van der Waals surface area contributed by atoms with E-state index in [9.17, 15) is 24.6 Å². The summed E-state index contributed by atoms with van der Waals surface area (Å²) in [6, 6.07) is 13.4. The number of carboxylic acids is 1. The molecule has 1 spiro atoms. The van der Waals surface area contributed by atoms with Crippen molar-refractivity contribution in [3.8, 4) is 0 Å². The average molecular weight is 519 g/mol. The molecular formula is C30H34N2O6. The second-order valence-electron chi connectivity index (χ2n) is 10.6. The molecule has 2 aromatic carbocycles. The highest BCUT2D eigenvalue weighted by Gasteiger charge is 2.75. The predicted octanol–water partition coefficient (Wildman–Crippen LogP) is 2.89. The first-order valence-corrected chi connectivity index (χ1v) is 13.1. The molecule has 3 aliphatic rings. The molecule has 0 radical (unpaired) electrons. The number of aliphatic hydroxyl groups is 1. The Morgan fingerprint density at radius 2 is 1.87 bits per heavy atom. The van der Waals surface area contributed by atoms with Crippen molar-refractivity contribution in [1.29, 1.82) is 0 Å². The number of anilines is 1. The molecule has 0 unspecified atom stereocenters. The molecule has 2 N–H and O–H groups in total. The summed E-state index contributed by atoms with van der Waals surface area (Å²) >= 11 is 0. The van der Waals surface area contributed by atoms with Gasteiger partial charge in [-0.2, -0.15) is 0 Å². The van der Waals surface area contributed by atoms with Gasteiger partial charge in [-0.25, -0.2) is 0 Å². The molecule has 2 aromatic rings. The molecule has 0 aliphatic carbocycles. The Labute approximate surface area is 222 Å². The number of amides is 2. The van der Waals surface area contributed by atoms with E-state index < -0.39 is 47.5 Å². The maximum Gasteiger partial charge on any atom is 0.310 e. The standard InChI is InChI=1S/C30H34N2O6/c1-4-15-31(25-18(2)9-8-10-19(25)3)28(35)26-30-14-13-22(38-30)23(29(36)37)24(30)27(34)32(26)21(17-33)16-20-11-6-5-7-12-20/h4-12,21-24,26,33H,1,13-17H2,2-3H3,(H,36,37)/t21-,22+,23-,24-,26+,30-/m1/s1. The van der Waals surface area contributed by atoms with Crippen molar-refractivity contribution in [3.63, 3.8) is 0 Å². The Morgan fingerprint density at radius 1 is 1.18 bits per heavy atom. The number of likely N-dealkylation sites (tertiary alicyclic amines) is 1. The summed E-state index contributed by atoms with van der Waals surface area (Å²) in [7, 11) is 0. The first-order chi connectivity index (χ1) is 18.2. The molecule has 3 fully saturated rings. The first-order valence-electron chi connectivity index (χ1n) is 13.1. The van der Waals surface area contributed by atoms with E-state index in [1.54, 1.807) is 11.0 Å².